The maximum Gasteiger partial charge on any atom is 0.305 e. The van der Waals surface area contributed by atoms with Gasteiger partial charge < -0.3 is 21.1 Å². The van der Waals surface area contributed by atoms with E-state index in [1.165, 1.54) is 42.7 Å². The van der Waals surface area contributed by atoms with Gasteiger partial charge in [0.1, 0.15) is 5.25 Å². The van der Waals surface area contributed by atoms with Crippen molar-refractivity contribution < 1.29 is 23.1 Å². The van der Waals surface area contributed by atoms with Gasteiger partial charge in [0.2, 0.25) is 0 Å². The smallest absolute Gasteiger partial charge is 0.305 e. The molecular weight excluding hydrogens is 470 g/mol. The molecule has 0 bridgehead atoms. The van der Waals surface area contributed by atoms with Crippen LogP contribution in [0.1, 0.15) is 27.6 Å². The van der Waals surface area contributed by atoms with Crippen LogP contribution in [0.15, 0.2) is 82.9 Å². The van der Waals surface area contributed by atoms with E-state index in [9.17, 15) is 23.1 Å². The average molecular weight is 494 g/mol. The van der Waals surface area contributed by atoms with Gasteiger partial charge in [-0.3, -0.25) is 19.6 Å². The third-order valence-corrected chi connectivity index (χ3v) is 7.41. The number of rotatable bonds is 8. The number of nitrogens with zero attached hydrogens (tertiary/aromatic N) is 2. The third kappa shape index (κ3) is 5.82. The fourth-order valence-corrected chi connectivity index (χ4v) is 5.29. The molecule has 10 nitrogen and oxygen atoms in total. The van der Waals surface area contributed by atoms with E-state index in [4.69, 9.17) is 0 Å². The van der Waals surface area contributed by atoms with Crippen LogP contribution in [0.25, 0.3) is 0 Å². The summed E-state index contributed by atoms with van der Waals surface area (Å²) >= 11 is 0. The van der Waals surface area contributed by atoms with E-state index >= 15 is 0 Å². The van der Waals surface area contributed by atoms with Crippen LogP contribution in [0.2, 0.25) is 0 Å². The van der Waals surface area contributed by atoms with Crippen molar-refractivity contribution in [3.05, 3.63) is 84.2 Å². The quantitative estimate of drug-likeness (QED) is 0.374. The molecule has 1 aliphatic rings. The van der Waals surface area contributed by atoms with Crippen LogP contribution >= 0.6 is 0 Å². The summed E-state index contributed by atoms with van der Waals surface area (Å²) in [4.78, 5) is 32.2. The maximum absolute atomic E-state index is 13.2. The molecule has 180 valence electrons. The van der Waals surface area contributed by atoms with Crippen LogP contribution in [-0.4, -0.2) is 49.4 Å². The van der Waals surface area contributed by atoms with Crippen molar-refractivity contribution in [3.63, 3.8) is 0 Å². The number of hydrogen-bond acceptors (Lipinski definition) is 8. The van der Waals surface area contributed by atoms with Gasteiger partial charge in [-0.1, -0.05) is 12.1 Å². The number of carbonyl (C=O) groups is 2. The maximum atomic E-state index is 13.2. The van der Waals surface area contributed by atoms with Gasteiger partial charge in [-0.15, -0.1) is 0 Å². The summed E-state index contributed by atoms with van der Waals surface area (Å²) in [6.07, 6.45) is 2.23. The Morgan fingerprint density at radius 2 is 1.86 bits per heavy atom. The molecule has 4 rings (SSSR count). The number of benzene rings is 2. The summed E-state index contributed by atoms with van der Waals surface area (Å²) in [6, 6.07) is 15.6. The number of aliphatic carboxylic acids is 1. The Balaban J connectivity index is 1.49. The first-order valence-corrected chi connectivity index (χ1v) is 12.3. The molecule has 1 aromatic heterocycles. The fraction of sp³-hybridized carbons (Fsp3) is 0.167. The summed E-state index contributed by atoms with van der Waals surface area (Å²) in [5.74, 6) is -0.963. The lowest BCUT2D eigenvalue weighted by Crippen LogP contribution is -2.26. The highest BCUT2D eigenvalue weighted by atomic mass is 32.2. The number of hydrogen-bond donors (Lipinski definition) is 4. The second-order valence-corrected chi connectivity index (χ2v) is 9.89. The summed E-state index contributed by atoms with van der Waals surface area (Å²) in [7, 11) is -4.02. The van der Waals surface area contributed by atoms with Gasteiger partial charge >= 0.3 is 5.97 Å². The van der Waals surface area contributed by atoms with Crippen molar-refractivity contribution in [1.29, 1.82) is 0 Å². The molecule has 0 unspecified atom stereocenters. The molecule has 35 heavy (non-hydrogen) atoms. The molecule has 4 N–H and O–H groups in total. The van der Waals surface area contributed by atoms with Crippen LogP contribution in [-0.2, 0) is 14.6 Å². The van der Waals surface area contributed by atoms with E-state index in [-0.39, 0.29) is 10.8 Å². The van der Waals surface area contributed by atoms with Gasteiger partial charge in [0, 0.05) is 35.9 Å². The van der Waals surface area contributed by atoms with E-state index < -0.39 is 27.5 Å². The number of guanidine groups is 1. The van der Waals surface area contributed by atoms with Gasteiger partial charge in [-0.25, -0.2) is 8.42 Å². The molecule has 0 aliphatic carbocycles. The average Bonchev–Trinajstić information content (AvgIpc) is 3.36. The molecule has 0 saturated heterocycles. The molecule has 0 saturated carbocycles. The summed E-state index contributed by atoms with van der Waals surface area (Å²) in [5.41, 5.74) is 1.79. The number of aromatic nitrogens is 1. The first kappa shape index (κ1) is 23.9. The lowest BCUT2D eigenvalue weighted by Gasteiger charge is -2.16. The molecule has 1 amide bonds. The number of nitrogens with one attached hydrogen (secondary N) is 3. The molecule has 3 aromatic rings. The zero-order valence-corrected chi connectivity index (χ0v) is 19.3. The normalized spacial score (nSPS) is 13.9. The Morgan fingerprint density at radius 1 is 1.06 bits per heavy atom. The Labute approximate surface area is 202 Å². The van der Waals surface area contributed by atoms with E-state index in [2.05, 4.69) is 25.9 Å². The van der Waals surface area contributed by atoms with E-state index in [1.807, 2.05) is 6.07 Å². The SMILES string of the molecule is O=C(O)C[C@@H](c1cccnc1)S(=O)(=O)c1ccc(NC(=O)c2cccc(NC3=NCCN3)c2)cc1. The monoisotopic (exact) mass is 493 g/mol. The van der Waals surface area contributed by atoms with Crippen LogP contribution in [0.4, 0.5) is 11.4 Å². The molecule has 0 radical (unpaired) electrons. The minimum absolute atomic E-state index is 0.0540. The molecule has 2 heterocycles. The van der Waals surface area contributed by atoms with Gasteiger partial charge in [-0.05, 0) is 54.1 Å². The number of aliphatic imine (C=N–C) groups is 1. The summed E-state index contributed by atoms with van der Waals surface area (Å²) < 4.78 is 26.4. The van der Waals surface area contributed by atoms with Gasteiger partial charge in [-0.2, -0.15) is 0 Å². The van der Waals surface area contributed by atoms with Crippen LogP contribution < -0.4 is 16.0 Å². The van der Waals surface area contributed by atoms with Crippen molar-refractivity contribution in [2.45, 2.75) is 16.6 Å². The first-order valence-electron chi connectivity index (χ1n) is 10.8. The molecule has 1 atom stereocenters. The predicted octanol–water partition coefficient (Wildman–Crippen LogP) is 2.69. The standard InChI is InChI=1S/C24H23N5O5S/c30-22(31)14-21(17-4-2-10-25-15-17)35(33,34)20-8-6-18(7-9-20)28-23(32)16-3-1-5-19(13-16)29-24-26-11-12-27-24/h1-10,13,15,21H,11-12,14H2,(H,28,32)(H,30,31)(H2,26,27,29)/t21-/m0/s1. The molecule has 11 heteroatoms. The molecule has 0 fully saturated rings. The van der Waals surface area contributed by atoms with Crippen molar-refractivity contribution >= 4 is 39.0 Å². The highest BCUT2D eigenvalue weighted by Gasteiger charge is 2.31. The number of carboxylic acid groups (broad SMARTS) is 1. The number of amides is 1. The number of carbonyl (C=O) groups excluding carboxylic acids is 1. The van der Waals surface area contributed by atoms with Crippen LogP contribution in [0, 0.1) is 0 Å². The van der Waals surface area contributed by atoms with E-state index in [1.54, 1.807) is 24.3 Å². The van der Waals surface area contributed by atoms with Gasteiger partial charge in [0.05, 0.1) is 17.9 Å². The molecular formula is C24H23N5O5S. The zero-order valence-electron chi connectivity index (χ0n) is 18.5. The first-order chi connectivity index (χ1) is 16.8. The second-order valence-electron chi connectivity index (χ2n) is 7.76. The highest BCUT2D eigenvalue weighted by molar-refractivity contribution is 7.91. The summed E-state index contributed by atoms with van der Waals surface area (Å²) in [5, 5.41) is 16.9. The Hall–Kier alpha value is -4.25. The van der Waals surface area contributed by atoms with Crippen molar-refractivity contribution in [3.8, 4) is 0 Å². The minimum Gasteiger partial charge on any atom is -0.481 e. The largest absolute Gasteiger partial charge is 0.481 e. The second kappa shape index (κ2) is 10.3. The number of pyridine rings is 1. The van der Waals surface area contributed by atoms with Crippen LogP contribution in [0.3, 0.4) is 0 Å². The topological polar surface area (TPSA) is 150 Å². The molecule has 1 aliphatic heterocycles. The lowest BCUT2D eigenvalue weighted by molar-refractivity contribution is -0.137. The fourth-order valence-electron chi connectivity index (χ4n) is 3.58. The highest BCUT2D eigenvalue weighted by Crippen LogP contribution is 2.32. The zero-order chi connectivity index (χ0) is 24.8. The Morgan fingerprint density at radius 3 is 2.51 bits per heavy atom. The number of carboxylic acids is 1. The van der Waals surface area contributed by atoms with E-state index in [0.717, 1.165) is 6.54 Å². The molecule has 0 spiro atoms. The number of anilines is 2. The van der Waals surface area contributed by atoms with Crippen molar-refractivity contribution in [1.82, 2.24) is 10.3 Å². The van der Waals surface area contributed by atoms with Crippen molar-refractivity contribution in [2.24, 2.45) is 4.99 Å². The van der Waals surface area contributed by atoms with Gasteiger partial charge in [0.25, 0.3) is 5.91 Å². The number of sulfone groups is 1. The Bertz CT molecular complexity index is 1360. The van der Waals surface area contributed by atoms with E-state index in [0.29, 0.717) is 35.0 Å². The third-order valence-electron chi connectivity index (χ3n) is 5.29. The Kier molecular flexibility index (Phi) is 7.06. The van der Waals surface area contributed by atoms with Gasteiger partial charge in [0.15, 0.2) is 15.8 Å². The summed E-state index contributed by atoms with van der Waals surface area (Å²) in [6.45, 7) is 1.45. The molecule has 2 aromatic carbocycles. The predicted molar refractivity (Wildman–Crippen MR) is 131 cm³/mol. The lowest BCUT2D eigenvalue weighted by atomic mass is 10.1. The van der Waals surface area contributed by atoms with Crippen molar-refractivity contribution in [2.75, 3.05) is 23.7 Å². The minimum atomic E-state index is -4.02. The van der Waals surface area contributed by atoms with Crippen LogP contribution in [0.5, 0.6) is 0 Å².